The van der Waals surface area contributed by atoms with Gasteiger partial charge in [-0.2, -0.15) is 5.10 Å². The molecule has 1 amide bonds. The van der Waals surface area contributed by atoms with Crippen molar-refractivity contribution in [3.05, 3.63) is 51.4 Å². The van der Waals surface area contributed by atoms with Gasteiger partial charge in [-0.25, -0.2) is 9.67 Å². The Balaban J connectivity index is 2.31. The van der Waals surface area contributed by atoms with Crippen LogP contribution in [0.4, 0.5) is 0 Å². The minimum Gasteiger partial charge on any atom is -0.364 e. The van der Waals surface area contributed by atoms with Crippen molar-refractivity contribution in [2.45, 2.75) is 5.88 Å². The van der Waals surface area contributed by atoms with E-state index < -0.39 is 5.91 Å². The fourth-order valence-electron chi connectivity index (χ4n) is 2.11. The van der Waals surface area contributed by atoms with Crippen molar-refractivity contribution in [3.63, 3.8) is 0 Å². The molecule has 0 saturated carbocycles. The van der Waals surface area contributed by atoms with E-state index in [-0.39, 0.29) is 5.69 Å². The largest absolute Gasteiger partial charge is 0.364 e. The van der Waals surface area contributed by atoms with Crippen molar-refractivity contribution in [1.29, 1.82) is 0 Å². The normalized spacial score (nSPS) is 11.0. The molecule has 0 bridgehead atoms. The summed E-state index contributed by atoms with van der Waals surface area (Å²) >= 11 is 8.04. The van der Waals surface area contributed by atoms with E-state index in [9.17, 15) is 4.79 Å². The van der Waals surface area contributed by atoms with Crippen LogP contribution in [0, 0.1) is 3.57 Å². The Kier molecular flexibility index (Phi) is 3.81. The van der Waals surface area contributed by atoms with Crippen LogP contribution in [-0.2, 0) is 5.88 Å². The summed E-state index contributed by atoms with van der Waals surface area (Å²) in [7, 11) is 0. The van der Waals surface area contributed by atoms with Crippen LogP contribution in [0.15, 0.2) is 36.5 Å². The van der Waals surface area contributed by atoms with Gasteiger partial charge in [0, 0.05) is 21.0 Å². The lowest BCUT2D eigenvalue weighted by atomic mass is 10.1. The molecule has 0 atom stereocenters. The molecule has 0 aliphatic rings. The average molecular weight is 413 g/mol. The molecule has 0 aliphatic heterocycles. The molecule has 2 N–H and O–H groups in total. The topological polar surface area (TPSA) is 73.8 Å². The Bertz CT molecular complexity index is 846. The molecule has 0 aliphatic carbocycles. The maximum Gasteiger partial charge on any atom is 0.269 e. The number of nitrogens with two attached hydrogens (primary N) is 1. The second-order valence-corrected chi connectivity index (χ2v) is 5.95. The summed E-state index contributed by atoms with van der Waals surface area (Å²) in [5.74, 6) is 0.426. The number of benzene rings is 1. The van der Waals surface area contributed by atoms with Gasteiger partial charge in [-0.3, -0.25) is 4.79 Å². The number of carbonyl (C=O) groups excluding carboxylic acids is 1. The summed E-state index contributed by atoms with van der Waals surface area (Å²) in [6.07, 6.45) is 1.70. The van der Waals surface area contributed by atoms with Crippen molar-refractivity contribution in [2.75, 3.05) is 0 Å². The Morgan fingerprint density at radius 1 is 1.33 bits per heavy atom. The van der Waals surface area contributed by atoms with Gasteiger partial charge in [-0.05, 0) is 52.4 Å². The van der Waals surface area contributed by atoms with Gasteiger partial charge < -0.3 is 5.73 Å². The minimum absolute atomic E-state index is 0.220. The van der Waals surface area contributed by atoms with Gasteiger partial charge in [0.25, 0.3) is 5.91 Å². The average Bonchev–Trinajstić information content (AvgIpc) is 2.86. The summed E-state index contributed by atoms with van der Waals surface area (Å²) < 4.78 is 2.65. The summed E-state index contributed by atoms with van der Waals surface area (Å²) in [6, 6.07) is 9.36. The first-order valence-electron chi connectivity index (χ1n) is 6.09. The molecule has 2 heterocycles. The van der Waals surface area contributed by atoms with Gasteiger partial charge in [-0.1, -0.05) is 6.07 Å². The highest BCUT2D eigenvalue weighted by molar-refractivity contribution is 14.1. The first kappa shape index (κ1) is 14.3. The maximum absolute atomic E-state index is 11.6. The van der Waals surface area contributed by atoms with Gasteiger partial charge in [0.1, 0.15) is 0 Å². The number of fused-ring (bicyclic) bond motifs is 1. The molecule has 1 aromatic carbocycles. The predicted octanol–water partition coefficient (Wildman–Crippen LogP) is 2.86. The Labute approximate surface area is 139 Å². The lowest BCUT2D eigenvalue weighted by Gasteiger charge is -2.03. The molecular weight excluding hydrogens is 403 g/mol. The number of nitrogens with zero attached hydrogens (tertiary/aromatic N) is 3. The molecule has 106 valence electrons. The fourth-order valence-corrected chi connectivity index (χ4v) is 2.72. The maximum atomic E-state index is 11.6. The number of carbonyl (C=O) groups is 1. The molecule has 0 fully saturated rings. The molecule has 5 nitrogen and oxygen atoms in total. The third-order valence-corrected chi connectivity index (χ3v) is 4.04. The van der Waals surface area contributed by atoms with Gasteiger partial charge in [-0.15, -0.1) is 11.6 Å². The van der Waals surface area contributed by atoms with Crippen LogP contribution in [-0.4, -0.2) is 20.7 Å². The second kappa shape index (κ2) is 5.61. The molecule has 21 heavy (non-hydrogen) atoms. The van der Waals surface area contributed by atoms with Gasteiger partial charge in [0.05, 0.1) is 5.52 Å². The van der Waals surface area contributed by atoms with Gasteiger partial charge in [0.2, 0.25) is 0 Å². The van der Waals surface area contributed by atoms with Crippen LogP contribution in [0.1, 0.15) is 16.1 Å². The zero-order chi connectivity index (χ0) is 15.0. The van der Waals surface area contributed by atoms with Crippen LogP contribution < -0.4 is 5.73 Å². The number of hydrogen-bond donors (Lipinski definition) is 1. The second-order valence-electron chi connectivity index (χ2n) is 4.44. The van der Waals surface area contributed by atoms with Crippen LogP contribution in [0.5, 0.6) is 0 Å². The number of aromatic nitrogens is 3. The lowest BCUT2D eigenvalue weighted by molar-refractivity contribution is 0.0996. The zero-order valence-corrected chi connectivity index (χ0v) is 13.7. The van der Waals surface area contributed by atoms with E-state index in [4.69, 9.17) is 17.3 Å². The predicted molar refractivity (Wildman–Crippen MR) is 89.7 cm³/mol. The number of pyridine rings is 1. The molecule has 3 aromatic rings. The standard InChI is InChI=1S/C14H10ClIN4O/c15-7-8-1-2-11-10(5-8)13(14(17)21)19-20(11)12-6-9(16)3-4-18-12/h1-6H,7H2,(H2,17,21). The highest BCUT2D eigenvalue weighted by Crippen LogP contribution is 2.24. The SMILES string of the molecule is NC(=O)c1nn(-c2cc(I)ccn2)c2ccc(CCl)cc12. The van der Waals surface area contributed by atoms with Gasteiger partial charge >= 0.3 is 0 Å². The first-order valence-corrected chi connectivity index (χ1v) is 7.71. The molecule has 7 heteroatoms. The Morgan fingerprint density at radius 2 is 2.14 bits per heavy atom. The smallest absolute Gasteiger partial charge is 0.269 e. The number of halogens is 2. The molecule has 2 aromatic heterocycles. The lowest BCUT2D eigenvalue weighted by Crippen LogP contribution is -2.12. The van der Waals surface area contributed by atoms with Crippen molar-refractivity contribution >= 4 is 51.0 Å². The summed E-state index contributed by atoms with van der Waals surface area (Å²) in [6.45, 7) is 0. The molecule has 0 spiro atoms. The van der Waals surface area contributed by atoms with Crippen LogP contribution in [0.25, 0.3) is 16.7 Å². The molecular formula is C14H10ClIN4O. The monoisotopic (exact) mass is 412 g/mol. The molecule has 0 unspecified atom stereocenters. The number of alkyl halides is 1. The third-order valence-electron chi connectivity index (χ3n) is 3.06. The van der Waals surface area contributed by atoms with Crippen molar-refractivity contribution < 1.29 is 4.79 Å². The van der Waals surface area contributed by atoms with E-state index in [0.717, 1.165) is 14.7 Å². The molecule has 0 radical (unpaired) electrons. The third kappa shape index (κ3) is 2.60. The summed E-state index contributed by atoms with van der Waals surface area (Å²) in [5.41, 5.74) is 7.32. The van der Waals surface area contributed by atoms with E-state index in [2.05, 4.69) is 32.7 Å². The van der Waals surface area contributed by atoms with E-state index in [1.807, 2.05) is 30.3 Å². The molecule has 3 rings (SSSR count). The van der Waals surface area contributed by atoms with E-state index in [1.165, 1.54) is 0 Å². The van der Waals surface area contributed by atoms with Crippen LogP contribution in [0.2, 0.25) is 0 Å². The summed E-state index contributed by atoms with van der Waals surface area (Å²) in [4.78, 5) is 15.9. The van der Waals surface area contributed by atoms with E-state index >= 15 is 0 Å². The van der Waals surface area contributed by atoms with E-state index in [1.54, 1.807) is 10.9 Å². The number of amides is 1. The zero-order valence-electron chi connectivity index (χ0n) is 10.8. The summed E-state index contributed by atoms with van der Waals surface area (Å²) in [5, 5.41) is 4.99. The van der Waals surface area contributed by atoms with Crippen molar-refractivity contribution in [3.8, 4) is 5.82 Å². The molecule has 0 saturated heterocycles. The fraction of sp³-hybridized carbons (Fsp3) is 0.0714. The van der Waals surface area contributed by atoms with Crippen LogP contribution in [0.3, 0.4) is 0 Å². The number of primary amides is 1. The Hall–Kier alpha value is -1.67. The van der Waals surface area contributed by atoms with Gasteiger partial charge in [0.15, 0.2) is 11.5 Å². The first-order chi connectivity index (χ1) is 10.1. The number of hydrogen-bond acceptors (Lipinski definition) is 3. The quantitative estimate of drug-likeness (QED) is 0.531. The highest BCUT2D eigenvalue weighted by atomic mass is 127. The highest BCUT2D eigenvalue weighted by Gasteiger charge is 2.17. The minimum atomic E-state index is -0.573. The van der Waals surface area contributed by atoms with Crippen LogP contribution >= 0.6 is 34.2 Å². The number of rotatable bonds is 3. The van der Waals surface area contributed by atoms with Crippen molar-refractivity contribution in [2.24, 2.45) is 5.73 Å². The Morgan fingerprint density at radius 3 is 2.81 bits per heavy atom. The van der Waals surface area contributed by atoms with E-state index in [0.29, 0.717) is 17.1 Å². The van der Waals surface area contributed by atoms with Crippen molar-refractivity contribution in [1.82, 2.24) is 14.8 Å².